The molecule has 3 rings (SSSR count). The van der Waals surface area contributed by atoms with Crippen LogP contribution in [-0.4, -0.2) is 57.2 Å². The van der Waals surface area contributed by atoms with E-state index in [9.17, 15) is 9.59 Å². The van der Waals surface area contributed by atoms with Crippen molar-refractivity contribution in [2.75, 3.05) is 34.4 Å². The van der Waals surface area contributed by atoms with Crippen molar-refractivity contribution in [1.29, 1.82) is 0 Å². The van der Waals surface area contributed by atoms with Gasteiger partial charge in [-0.05, 0) is 37.8 Å². The van der Waals surface area contributed by atoms with E-state index < -0.39 is 0 Å². The van der Waals surface area contributed by atoms with Crippen LogP contribution in [0.4, 0.5) is 0 Å². The summed E-state index contributed by atoms with van der Waals surface area (Å²) in [6, 6.07) is 3.67. The summed E-state index contributed by atoms with van der Waals surface area (Å²) in [5, 5.41) is 3.22. The standard InChI is InChI=1S/C22H32N2O5/c1-27-18-13-16(14-19(28-2)20(18)29-3)22(26)24-11-9-15(10-12-24)21(25)23-17-7-5-4-6-8-17/h13-15,17H,4-12H2,1-3H3,(H,23,25). The minimum atomic E-state index is -0.0876. The number of hydrogen-bond acceptors (Lipinski definition) is 5. The highest BCUT2D eigenvalue weighted by molar-refractivity contribution is 5.96. The normalized spacial score (nSPS) is 18.2. The van der Waals surface area contributed by atoms with Crippen molar-refractivity contribution in [2.45, 2.75) is 51.0 Å². The number of nitrogens with one attached hydrogen (secondary N) is 1. The molecule has 0 unspecified atom stereocenters. The van der Waals surface area contributed by atoms with Crippen molar-refractivity contribution in [1.82, 2.24) is 10.2 Å². The maximum absolute atomic E-state index is 13.0. The van der Waals surface area contributed by atoms with E-state index in [1.807, 2.05) is 0 Å². The summed E-state index contributed by atoms with van der Waals surface area (Å²) in [6.07, 6.45) is 7.23. The average molecular weight is 405 g/mol. The number of methoxy groups -OCH3 is 3. The van der Waals surface area contributed by atoms with Crippen LogP contribution < -0.4 is 19.5 Å². The molecule has 29 heavy (non-hydrogen) atoms. The van der Waals surface area contributed by atoms with Crippen LogP contribution in [0, 0.1) is 5.92 Å². The summed E-state index contributed by atoms with van der Waals surface area (Å²) < 4.78 is 16.0. The van der Waals surface area contributed by atoms with Gasteiger partial charge in [0.05, 0.1) is 21.3 Å². The van der Waals surface area contributed by atoms with E-state index in [2.05, 4.69) is 5.32 Å². The molecule has 0 atom stereocenters. The van der Waals surface area contributed by atoms with Gasteiger partial charge in [-0.3, -0.25) is 9.59 Å². The van der Waals surface area contributed by atoms with E-state index in [-0.39, 0.29) is 17.7 Å². The second kappa shape index (κ2) is 9.85. The Balaban J connectivity index is 1.60. The molecule has 1 aromatic carbocycles. The number of carbonyl (C=O) groups excluding carboxylic acids is 2. The molecule has 2 aliphatic rings. The molecule has 2 fully saturated rings. The molecule has 1 aromatic rings. The molecule has 2 amide bonds. The molecule has 1 N–H and O–H groups in total. The third kappa shape index (κ3) is 4.95. The predicted octanol–water partition coefficient (Wildman–Crippen LogP) is 3.01. The summed E-state index contributed by atoms with van der Waals surface area (Å²) in [7, 11) is 4.59. The third-order valence-corrected chi connectivity index (χ3v) is 6.02. The Morgan fingerprint density at radius 3 is 2.00 bits per heavy atom. The second-order valence-electron chi connectivity index (χ2n) is 7.82. The lowest BCUT2D eigenvalue weighted by molar-refractivity contribution is -0.127. The van der Waals surface area contributed by atoms with Crippen LogP contribution in [0.15, 0.2) is 12.1 Å². The third-order valence-electron chi connectivity index (χ3n) is 6.02. The molecule has 1 heterocycles. The lowest BCUT2D eigenvalue weighted by atomic mass is 9.92. The molecule has 7 nitrogen and oxygen atoms in total. The number of benzene rings is 1. The van der Waals surface area contributed by atoms with E-state index in [4.69, 9.17) is 14.2 Å². The van der Waals surface area contributed by atoms with Gasteiger partial charge in [-0.15, -0.1) is 0 Å². The minimum Gasteiger partial charge on any atom is -0.493 e. The van der Waals surface area contributed by atoms with Crippen LogP contribution in [-0.2, 0) is 4.79 Å². The lowest BCUT2D eigenvalue weighted by Gasteiger charge is -2.33. The van der Waals surface area contributed by atoms with Gasteiger partial charge in [0.2, 0.25) is 11.7 Å². The van der Waals surface area contributed by atoms with Crippen molar-refractivity contribution < 1.29 is 23.8 Å². The molecule has 7 heteroatoms. The molecule has 160 valence electrons. The smallest absolute Gasteiger partial charge is 0.254 e. The van der Waals surface area contributed by atoms with E-state index in [0.717, 1.165) is 12.8 Å². The van der Waals surface area contributed by atoms with E-state index >= 15 is 0 Å². The number of amides is 2. The van der Waals surface area contributed by atoms with Crippen LogP contribution in [0.1, 0.15) is 55.3 Å². The minimum absolute atomic E-state index is 0.0130. The SMILES string of the molecule is COc1cc(C(=O)N2CCC(C(=O)NC3CCCCC3)CC2)cc(OC)c1OC. The zero-order chi connectivity index (χ0) is 20.8. The number of likely N-dealkylation sites (tertiary alicyclic amines) is 1. The first-order chi connectivity index (χ1) is 14.1. The van der Waals surface area contributed by atoms with Gasteiger partial charge in [-0.25, -0.2) is 0 Å². The van der Waals surface area contributed by atoms with Crippen LogP contribution in [0.5, 0.6) is 17.2 Å². The van der Waals surface area contributed by atoms with Crippen molar-refractivity contribution in [3.05, 3.63) is 17.7 Å². The van der Waals surface area contributed by atoms with Crippen LogP contribution in [0.2, 0.25) is 0 Å². The summed E-state index contributed by atoms with van der Waals surface area (Å²) >= 11 is 0. The maximum Gasteiger partial charge on any atom is 0.254 e. The number of hydrogen-bond donors (Lipinski definition) is 1. The first-order valence-electron chi connectivity index (χ1n) is 10.5. The number of nitrogens with zero attached hydrogens (tertiary/aromatic N) is 1. The number of carbonyl (C=O) groups is 2. The molecular formula is C22H32N2O5. The van der Waals surface area contributed by atoms with Crippen LogP contribution >= 0.6 is 0 Å². The summed E-state index contributed by atoms with van der Waals surface area (Å²) in [5.74, 6) is 1.42. The quantitative estimate of drug-likeness (QED) is 0.789. The van der Waals surface area contributed by atoms with Gasteiger partial charge in [0, 0.05) is 30.6 Å². The highest BCUT2D eigenvalue weighted by Gasteiger charge is 2.30. The zero-order valence-electron chi connectivity index (χ0n) is 17.7. The zero-order valence-corrected chi connectivity index (χ0v) is 17.7. The molecule has 1 aliphatic carbocycles. The summed E-state index contributed by atoms with van der Waals surface area (Å²) in [6.45, 7) is 1.14. The molecule has 0 bridgehead atoms. The van der Waals surface area contributed by atoms with Gasteiger partial charge in [0.25, 0.3) is 5.91 Å². The number of ether oxygens (including phenoxy) is 3. The van der Waals surface area contributed by atoms with Gasteiger partial charge in [-0.1, -0.05) is 19.3 Å². The van der Waals surface area contributed by atoms with E-state index in [0.29, 0.717) is 54.8 Å². The number of piperidine rings is 1. The Kier molecular flexibility index (Phi) is 7.23. The van der Waals surface area contributed by atoms with Crippen molar-refractivity contribution >= 4 is 11.8 Å². The highest BCUT2D eigenvalue weighted by atomic mass is 16.5. The molecule has 1 saturated heterocycles. The molecule has 1 saturated carbocycles. The molecular weight excluding hydrogens is 372 g/mol. The second-order valence-corrected chi connectivity index (χ2v) is 7.82. The Labute approximate surface area is 172 Å². The van der Waals surface area contributed by atoms with E-state index in [1.54, 1.807) is 17.0 Å². The Morgan fingerprint density at radius 2 is 1.48 bits per heavy atom. The lowest BCUT2D eigenvalue weighted by Crippen LogP contribution is -2.45. The molecule has 1 aliphatic heterocycles. The summed E-state index contributed by atoms with van der Waals surface area (Å²) in [5.41, 5.74) is 0.490. The topological polar surface area (TPSA) is 77.1 Å². The Morgan fingerprint density at radius 1 is 0.897 bits per heavy atom. The monoisotopic (exact) mass is 404 g/mol. The summed E-state index contributed by atoms with van der Waals surface area (Å²) in [4.78, 5) is 27.4. The van der Waals surface area contributed by atoms with Gasteiger partial charge in [0.1, 0.15) is 0 Å². The predicted molar refractivity (Wildman–Crippen MR) is 110 cm³/mol. The van der Waals surface area contributed by atoms with E-state index in [1.165, 1.54) is 40.6 Å². The van der Waals surface area contributed by atoms with Crippen molar-refractivity contribution in [3.63, 3.8) is 0 Å². The molecule has 0 spiro atoms. The first-order valence-corrected chi connectivity index (χ1v) is 10.5. The fourth-order valence-corrected chi connectivity index (χ4v) is 4.30. The first kappa shape index (κ1) is 21.3. The van der Waals surface area contributed by atoms with Crippen molar-refractivity contribution in [2.24, 2.45) is 5.92 Å². The maximum atomic E-state index is 13.0. The fraction of sp³-hybridized carbons (Fsp3) is 0.636. The Bertz CT molecular complexity index is 697. The Hall–Kier alpha value is -2.44. The molecule has 0 aromatic heterocycles. The van der Waals surface area contributed by atoms with Gasteiger partial charge in [0.15, 0.2) is 11.5 Å². The van der Waals surface area contributed by atoms with Crippen LogP contribution in [0.25, 0.3) is 0 Å². The van der Waals surface area contributed by atoms with Gasteiger partial charge >= 0.3 is 0 Å². The van der Waals surface area contributed by atoms with Crippen molar-refractivity contribution in [3.8, 4) is 17.2 Å². The largest absolute Gasteiger partial charge is 0.493 e. The average Bonchev–Trinajstić information content (AvgIpc) is 2.78. The fourth-order valence-electron chi connectivity index (χ4n) is 4.30. The van der Waals surface area contributed by atoms with Crippen LogP contribution in [0.3, 0.4) is 0 Å². The van der Waals surface area contributed by atoms with Gasteiger partial charge < -0.3 is 24.4 Å². The molecule has 0 radical (unpaired) electrons. The van der Waals surface area contributed by atoms with Gasteiger partial charge in [-0.2, -0.15) is 0 Å². The number of rotatable bonds is 6. The highest BCUT2D eigenvalue weighted by Crippen LogP contribution is 2.38.